The first kappa shape index (κ1) is 11.1. The standard InChI is InChI=1S/C6H7N3S.C2H6/c1-9-3-6(2-8-9)4-10-5-7;1-2/h2-3H,4H2,1H3;1-2H3. The minimum absolute atomic E-state index is 0.727. The smallest absolute Gasteiger partial charge is 0.133 e. The SMILES string of the molecule is CC.Cn1cc(CSC#N)cn1. The van der Waals surface area contributed by atoms with Crippen molar-refractivity contribution in [2.24, 2.45) is 7.05 Å². The van der Waals surface area contributed by atoms with E-state index >= 15 is 0 Å². The molecule has 0 atom stereocenters. The second kappa shape index (κ2) is 6.74. The molecule has 4 heteroatoms. The number of aryl methyl sites for hydroxylation is 1. The highest BCUT2D eigenvalue weighted by Gasteiger charge is 1.93. The second-order valence-electron chi connectivity index (χ2n) is 1.90. The Kier molecular flexibility index (Phi) is 6.21. The van der Waals surface area contributed by atoms with Gasteiger partial charge in [-0.25, -0.2) is 0 Å². The first-order valence-electron chi connectivity index (χ1n) is 3.81. The molecule has 1 rings (SSSR count). The third kappa shape index (κ3) is 4.04. The maximum Gasteiger partial charge on any atom is 0.133 e. The molecule has 0 aliphatic rings. The molecule has 0 aliphatic carbocycles. The van der Waals surface area contributed by atoms with Gasteiger partial charge in [0.05, 0.1) is 6.20 Å². The highest BCUT2D eigenvalue weighted by atomic mass is 32.2. The molecule has 0 N–H and O–H groups in total. The Hall–Kier alpha value is -0.950. The van der Waals surface area contributed by atoms with Crippen LogP contribution in [0.25, 0.3) is 0 Å². The highest BCUT2D eigenvalue weighted by molar-refractivity contribution is 8.02. The molecular formula is C8H13N3S. The molecule has 0 spiro atoms. The number of thiocyanates is 1. The van der Waals surface area contributed by atoms with Gasteiger partial charge >= 0.3 is 0 Å². The van der Waals surface area contributed by atoms with Crippen LogP contribution in [0.5, 0.6) is 0 Å². The number of rotatable bonds is 2. The Bertz CT molecular complexity index is 249. The molecule has 0 aromatic carbocycles. The van der Waals surface area contributed by atoms with Gasteiger partial charge in [0.15, 0.2) is 0 Å². The van der Waals surface area contributed by atoms with Crippen molar-refractivity contribution >= 4 is 11.8 Å². The first-order chi connectivity index (χ1) is 5.83. The van der Waals surface area contributed by atoms with Gasteiger partial charge in [-0.2, -0.15) is 10.4 Å². The van der Waals surface area contributed by atoms with Crippen LogP contribution >= 0.6 is 11.8 Å². The molecule has 66 valence electrons. The number of nitrogens with zero attached hydrogens (tertiary/aromatic N) is 3. The average molecular weight is 183 g/mol. The quantitative estimate of drug-likeness (QED) is 0.660. The van der Waals surface area contributed by atoms with E-state index in [4.69, 9.17) is 5.26 Å². The third-order valence-electron chi connectivity index (χ3n) is 1.06. The third-order valence-corrected chi connectivity index (χ3v) is 1.67. The van der Waals surface area contributed by atoms with Crippen molar-refractivity contribution in [2.75, 3.05) is 0 Å². The average Bonchev–Trinajstić information content (AvgIpc) is 2.51. The van der Waals surface area contributed by atoms with Crippen LogP contribution in [0.2, 0.25) is 0 Å². The van der Waals surface area contributed by atoms with Gasteiger partial charge in [-0.05, 0) is 11.8 Å². The molecule has 1 aromatic rings. The molecule has 1 heterocycles. The van der Waals surface area contributed by atoms with Gasteiger partial charge in [0.2, 0.25) is 0 Å². The lowest BCUT2D eigenvalue weighted by Gasteiger charge is -1.84. The van der Waals surface area contributed by atoms with Crippen molar-refractivity contribution in [1.82, 2.24) is 9.78 Å². The number of nitriles is 1. The van der Waals surface area contributed by atoms with Gasteiger partial charge in [-0.1, -0.05) is 13.8 Å². The van der Waals surface area contributed by atoms with Gasteiger partial charge < -0.3 is 0 Å². The van der Waals surface area contributed by atoms with Crippen LogP contribution in [-0.4, -0.2) is 9.78 Å². The summed E-state index contributed by atoms with van der Waals surface area (Å²) in [6, 6.07) is 0. The molecule has 0 aliphatic heterocycles. The Labute approximate surface area is 77.4 Å². The van der Waals surface area contributed by atoms with Crippen LogP contribution in [-0.2, 0) is 12.8 Å². The lowest BCUT2D eigenvalue weighted by atomic mass is 10.4. The van der Waals surface area contributed by atoms with Crippen molar-refractivity contribution in [3.63, 3.8) is 0 Å². The van der Waals surface area contributed by atoms with E-state index in [1.807, 2.05) is 32.5 Å². The van der Waals surface area contributed by atoms with E-state index in [0.29, 0.717) is 0 Å². The summed E-state index contributed by atoms with van der Waals surface area (Å²) in [5.41, 5.74) is 1.09. The van der Waals surface area contributed by atoms with Crippen LogP contribution < -0.4 is 0 Å². The van der Waals surface area contributed by atoms with Crippen LogP contribution in [0.1, 0.15) is 19.4 Å². The van der Waals surface area contributed by atoms with Crippen LogP contribution in [0, 0.1) is 10.7 Å². The fraction of sp³-hybridized carbons (Fsp3) is 0.500. The summed E-state index contributed by atoms with van der Waals surface area (Å²) in [7, 11) is 1.86. The molecule has 0 saturated heterocycles. The Morgan fingerprint density at radius 2 is 2.33 bits per heavy atom. The van der Waals surface area contributed by atoms with E-state index in [1.165, 1.54) is 11.8 Å². The van der Waals surface area contributed by atoms with Crippen LogP contribution in [0.3, 0.4) is 0 Å². The van der Waals surface area contributed by atoms with Gasteiger partial charge in [0.25, 0.3) is 0 Å². The van der Waals surface area contributed by atoms with E-state index in [2.05, 4.69) is 5.10 Å². The lowest BCUT2D eigenvalue weighted by Crippen LogP contribution is -1.84. The lowest BCUT2D eigenvalue weighted by molar-refractivity contribution is 0.767. The van der Waals surface area contributed by atoms with Crippen LogP contribution in [0.4, 0.5) is 0 Å². The molecule has 3 nitrogen and oxygen atoms in total. The topological polar surface area (TPSA) is 41.6 Å². The summed E-state index contributed by atoms with van der Waals surface area (Å²) in [4.78, 5) is 0. The van der Waals surface area contributed by atoms with E-state index in [9.17, 15) is 0 Å². The molecule has 0 saturated carbocycles. The number of aromatic nitrogens is 2. The fourth-order valence-electron chi connectivity index (χ4n) is 0.662. The monoisotopic (exact) mass is 183 g/mol. The van der Waals surface area contributed by atoms with Crippen molar-refractivity contribution in [1.29, 1.82) is 5.26 Å². The summed E-state index contributed by atoms with van der Waals surface area (Å²) in [5, 5.41) is 14.2. The number of hydrogen-bond donors (Lipinski definition) is 0. The molecule has 0 amide bonds. The number of thioether (sulfide) groups is 1. The maximum atomic E-state index is 8.22. The zero-order valence-corrected chi connectivity index (χ0v) is 8.43. The summed E-state index contributed by atoms with van der Waals surface area (Å²) >= 11 is 1.23. The zero-order valence-electron chi connectivity index (χ0n) is 7.61. The molecule has 0 radical (unpaired) electrons. The second-order valence-corrected chi connectivity index (χ2v) is 2.66. The Morgan fingerprint density at radius 1 is 1.67 bits per heavy atom. The van der Waals surface area contributed by atoms with Gasteiger partial charge in [-0.3, -0.25) is 4.68 Å². The van der Waals surface area contributed by atoms with E-state index in [1.54, 1.807) is 10.9 Å². The summed E-state index contributed by atoms with van der Waals surface area (Å²) in [5.74, 6) is 0.727. The number of hydrogen-bond acceptors (Lipinski definition) is 3. The Balaban J connectivity index is 0.000000561. The van der Waals surface area contributed by atoms with Crippen molar-refractivity contribution < 1.29 is 0 Å². The molecule has 0 bridgehead atoms. The highest BCUT2D eigenvalue weighted by Crippen LogP contribution is 2.08. The summed E-state index contributed by atoms with van der Waals surface area (Å²) in [6.07, 6.45) is 3.68. The Morgan fingerprint density at radius 3 is 2.75 bits per heavy atom. The molecular weight excluding hydrogens is 170 g/mol. The largest absolute Gasteiger partial charge is 0.276 e. The molecule has 0 unspecified atom stereocenters. The first-order valence-corrected chi connectivity index (χ1v) is 4.80. The summed E-state index contributed by atoms with van der Waals surface area (Å²) in [6.45, 7) is 4.00. The van der Waals surface area contributed by atoms with Crippen molar-refractivity contribution in [3.8, 4) is 5.40 Å². The predicted octanol–water partition coefficient (Wildman–Crippen LogP) is 2.16. The van der Waals surface area contributed by atoms with Gasteiger partial charge in [0, 0.05) is 24.6 Å². The van der Waals surface area contributed by atoms with Crippen LogP contribution in [0.15, 0.2) is 12.4 Å². The molecule has 12 heavy (non-hydrogen) atoms. The minimum Gasteiger partial charge on any atom is -0.276 e. The molecule has 1 aromatic heterocycles. The normalized spacial score (nSPS) is 8.17. The van der Waals surface area contributed by atoms with E-state index in [-0.39, 0.29) is 0 Å². The maximum absolute atomic E-state index is 8.22. The van der Waals surface area contributed by atoms with E-state index in [0.717, 1.165) is 11.3 Å². The van der Waals surface area contributed by atoms with E-state index < -0.39 is 0 Å². The minimum atomic E-state index is 0.727. The fourth-order valence-corrected chi connectivity index (χ4v) is 1.04. The predicted molar refractivity (Wildman–Crippen MR) is 51.5 cm³/mol. The van der Waals surface area contributed by atoms with Crippen molar-refractivity contribution in [3.05, 3.63) is 18.0 Å². The van der Waals surface area contributed by atoms with Gasteiger partial charge in [-0.15, -0.1) is 0 Å². The zero-order chi connectivity index (χ0) is 9.40. The summed E-state index contributed by atoms with van der Waals surface area (Å²) < 4.78 is 1.73. The molecule has 0 fully saturated rings. The van der Waals surface area contributed by atoms with Gasteiger partial charge in [0.1, 0.15) is 5.40 Å². The van der Waals surface area contributed by atoms with Crippen molar-refractivity contribution in [2.45, 2.75) is 19.6 Å².